The Hall–Kier alpha value is -1.15. The number of carbonyl (C=O) groups excluding carboxylic acids is 1. The van der Waals surface area contributed by atoms with Gasteiger partial charge in [0.05, 0.1) is 19.8 Å². The van der Waals surface area contributed by atoms with Crippen LogP contribution in [0, 0.1) is 5.92 Å². The van der Waals surface area contributed by atoms with Gasteiger partial charge in [0, 0.05) is 5.57 Å². The van der Waals surface area contributed by atoms with E-state index in [1.165, 1.54) is 0 Å². The lowest BCUT2D eigenvalue weighted by molar-refractivity contribution is -0.321. The van der Waals surface area contributed by atoms with Crippen LogP contribution in [0.25, 0.3) is 0 Å². The molecule has 0 saturated carbocycles. The molecule has 3 heterocycles. The molecular formula is C21H34O11. The minimum atomic E-state index is -1.53. The summed E-state index contributed by atoms with van der Waals surface area (Å²) in [5.74, 6) is -0.428. The molecule has 11 heteroatoms. The van der Waals surface area contributed by atoms with Gasteiger partial charge in [-0.25, -0.2) is 4.79 Å². The third kappa shape index (κ3) is 6.04. The van der Waals surface area contributed by atoms with Gasteiger partial charge in [-0.05, 0) is 32.1 Å². The number of aliphatic hydroxyl groups excluding tert-OH is 5. The maximum absolute atomic E-state index is 12.5. The van der Waals surface area contributed by atoms with Crippen LogP contribution in [0.1, 0.15) is 33.1 Å². The van der Waals surface area contributed by atoms with Crippen LogP contribution in [0.2, 0.25) is 0 Å². The average molecular weight is 462 g/mol. The summed E-state index contributed by atoms with van der Waals surface area (Å²) in [6.45, 7) is 3.31. The lowest BCUT2D eigenvalue weighted by Crippen LogP contribution is -2.60. The number of fused-ring (bicyclic) bond motifs is 3. The van der Waals surface area contributed by atoms with Crippen molar-refractivity contribution in [2.75, 3.05) is 19.8 Å². The van der Waals surface area contributed by atoms with Gasteiger partial charge in [0.25, 0.3) is 0 Å². The first kappa shape index (κ1) is 25.5. The Morgan fingerprint density at radius 3 is 2.34 bits per heavy atom. The molecule has 0 amide bonds. The number of carbonyl (C=O) groups is 1. The van der Waals surface area contributed by atoms with Crippen LogP contribution in [-0.2, 0) is 28.5 Å². The summed E-state index contributed by atoms with van der Waals surface area (Å²) >= 11 is 0. The Bertz CT molecular complexity index is 656. The summed E-state index contributed by atoms with van der Waals surface area (Å²) in [5, 5.41) is 51.0. The van der Waals surface area contributed by atoms with Crippen molar-refractivity contribution < 1.29 is 54.0 Å². The number of esters is 1. The third-order valence-electron chi connectivity index (χ3n) is 6.09. The SMILES string of the molecule is CC1=CCCC(C)CCOC2OC(COC3OCC(O)C(O)C3OC1=O)C(O)C(O)C2O. The molecule has 2 bridgehead atoms. The van der Waals surface area contributed by atoms with E-state index in [-0.39, 0.29) is 25.7 Å². The summed E-state index contributed by atoms with van der Waals surface area (Å²) in [6, 6.07) is 0. The van der Waals surface area contributed by atoms with Gasteiger partial charge in [0.1, 0.15) is 36.6 Å². The Morgan fingerprint density at radius 2 is 1.59 bits per heavy atom. The zero-order chi connectivity index (χ0) is 23.4. The van der Waals surface area contributed by atoms with E-state index in [9.17, 15) is 30.3 Å². The number of hydrogen-bond donors (Lipinski definition) is 5. The Kier molecular flexibility index (Phi) is 9.01. The predicted octanol–water partition coefficient (Wildman–Crippen LogP) is -1.42. The second kappa shape index (κ2) is 11.3. The highest BCUT2D eigenvalue weighted by Gasteiger charge is 2.47. The molecule has 11 nitrogen and oxygen atoms in total. The van der Waals surface area contributed by atoms with E-state index in [1.54, 1.807) is 13.0 Å². The monoisotopic (exact) mass is 462 g/mol. The minimum absolute atomic E-state index is 0.245. The molecule has 32 heavy (non-hydrogen) atoms. The number of aliphatic hydroxyl groups is 5. The van der Waals surface area contributed by atoms with Gasteiger partial charge >= 0.3 is 5.97 Å². The van der Waals surface area contributed by atoms with E-state index in [0.29, 0.717) is 18.4 Å². The molecule has 0 aromatic carbocycles. The van der Waals surface area contributed by atoms with Crippen molar-refractivity contribution >= 4 is 5.97 Å². The standard InChI is InChI=1S/C21H34O11/c1-10-4-3-5-11(2)19(27)32-18-14(23)12(22)8-29-21(18)30-9-13-15(24)16(25)17(26)20(31-13)28-7-6-10/h5,10,12-18,20-26H,3-4,6-9H2,1-2H3. The number of hydrogen-bond acceptors (Lipinski definition) is 11. The second-order valence-corrected chi connectivity index (χ2v) is 8.71. The molecule has 5 N–H and O–H groups in total. The van der Waals surface area contributed by atoms with Crippen molar-refractivity contribution in [2.45, 2.75) is 88.4 Å². The van der Waals surface area contributed by atoms with Crippen LogP contribution in [0.15, 0.2) is 11.6 Å². The highest BCUT2D eigenvalue weighted by Crippen LogP contribution is 2.26. The Labute approximate surface area is 186 Å². The molecule has 3 aliphatic heterocycles. The molecule has 10 atom stereocenters. The van der Waals surface area contributed by atoms with Crippen LogP contribution < -0.4 is 0 Å². The number of rotatable bonds is 0. The molecule has 2 fully saturated rings. The fraction of sp³-hybridized carbons (Fsp3) is 0.857. The van der Waals surface area contributed by atoms with Gasteiger partial charge in [-0.15, -0.1) is 0 Å². The number of ether oxygens (including phenoxy) is 5. The van der Waals surface area contributed by atoms with Crippen molar-refractivity contribution in [1.82, 2.24) is 0 Å². The summed E-state index contributed by atoms with van der Waals surface area (Å²) < 4.78 is 27.6. The summed E-state index contributed by atoms with van der Waals surface area (Å²) in [6.07, 6.45) is -8.22. The molecule has 0 aliphatic carbocycles. The van der Waals surface area contributed by atoms with Gasteiger partial charge in [0.2, 0.25) is 0 Å². The smallest absolute Gasteiger partial charge is 0.333 e. The third-order valence-corrected chi connectivity index (χ3v) is 6.09. The molecule has 0 spiro atoms. The van der Waals surface area contributed by atoms with Gasteiger partial charge in [-0.2, -0.15) is 0 Å². The molecule has 0 radical (unpaired) electrons. The van der Waals surface area contributed by atoms with E-state index >= 15 is 0 Å². The molecular weight excluding hydrogens is 428 g/mol. The highest BCUT2D eigenvalue weighted by molar-refractivity contribution is 5.87. The van der Waals surface area contributed by atoms with Crippen molar-refractivity contribution in [1.29, 1.82) is 0 Å². The maximum Gasteiger partial charge on any atom is 0.333 e. The first-order valence-corrected chi connectivity index (χ1v) is 11.0. The van der Waals surface area contributed by atoms with Crippen molar-refractivity contribution in [3.8, 4) is 0 Å². The molecule has 3 rings (SSSR count). The predicted molar refractivity (Wildman–Crippen MR) is 107 cm³/mol. The van der Waals surface area contributed by atoms with Crippen LogP contribution in [0.4, 0.5) is 0 Å². The van der Waals surface area contributed by atoms with Gasteiger partial charge < -0.3 is 49.2 Å². The van der Waals surface area contributed by atoms with E-state index < -0.39 is 61.3 Å². The van der Waals surface area contributed by atoms with Crippen LogP contribution >= 0.6 is 0 Å². The molecule has 3 aliphatic rings. The van der Waals surface area contributed by atoms with Crippen LogP contribution in [-0.4, -0.2) is 107 Å². The van der Waals surface area contributed by atoms with Gasteiger partial charge in [0.15, 0.2) is 18.7 Å². The van der Waals surface area contributed by atoms with Crippen molar-refractivity contribution in [2.24, 2.45) is 5.92 Å². The lowest BCUT2D eigenvalue weighted by atomic mass is 9.99. The van der Waals surface area contributed by atoms with Crippen LogP contribution in [0.5, 0.6) is 0 Å². The molecule has 2 saturated heterocycles. The van der Waals surface area contributed by atoms with E-state index in [1.807, 2.05) is 6.92 Å². The quantitative estimate of drug-likeness (QED) is 0.268. The summed E-state index contributed by atoms with van der Waals surface area (Å²) in [5.41, 5.74) is 0.352. The second-order valence-electron chi connectivity index (χ2n) is 8.71. The Morgan fingerprint density at radius 1 is 0.875 bits per heavy atom. The largest absolute Gasteiger partial charge is 0.451 e. The average Bonchev–Trinajstić information content (AvgIpc) is 2.76. The van der Waals surface area contributed by atoms with E-state index in [2.05, 4.69) is 0 Å². The first-order valence-electron chi connectivity index (χ1n) is 11.0. The zero-order valence-electron chi connectivity index (χ0n) is 18.3. The normalized spacial score (nSPS) is 45.2. The fourth-order valence-electron chi connectivity index (χ4n) is 3.83. The molecule has 184 valence electrons. The summed E-state index contributed by atoms with van der Waals surface area (Å²) in [7, 11) is 0. The number of allylic oxidation sites excluding steroid dienone is 1. The van der Waals surface area contributed by atoms with Gasteiger partial charge in [-0.3, -0.25) is 0 Å². The fourth-order valence-corrected chi connectivity index (χ4v) is 3.83. The maximum atomic E-state index is 12.5. The van der Waals surface area contributed by atoms with E-state index in [4.69, 9.17) is 23.7 Å². The summed E-state index contributed by atoms with van der Waals surface area (Å²) in [4.78, 5) is 12.5. The van der Waals surface area contributed by atoms with Crippen molar-refractivity contribution in [3.05, 3.63) is 11.6 Å². The van der Waals surface area contributed by atoms with E-state index in [0.717, 1.165) is 6.42 Å². The molecule has 10 unspecified atom stereocenters. The van der Waals surface area contributed by atoms with Gasteiger partial charge in [-0.1, -0.05) is 13.0 Å². The topological polar surface area (TPSA) is 164 Å². The Balaban J connectivity index is 1.80. The minimum Gasteiger partial charge on any atom is -0.451 e. The zero-order valence-corrected chi connectivity index (χ0v) is 18.3. The molecule has 0 aromatic rings. The highest BCUT2D eigenvalue weighted by atomic mass is 16.7. The first-order chi connectivity index (χ1) is 15.2. The molecule has 0 aromatic heterocycles. The van der Waals surface area contributed by atoms with Crippen LogP contribution in [0.3, 0.4) is 0 Å². The van der Waals surface area contributed by atoms with Crippen molar-refractivity contribution in [3.63, 3.8) is 0 Å². The lowest BCUT2D eigenvalue weighted by Gasteiger charge is -2.42.